The fraction of sp³-hybridized carbons (Fsp3) is 0.417. The highest BCUT2D eigenvalue weighted by atomic mass is 16.5. The van der Waals surface area contributed by atoms with E-state index < -0.39 is 0 Å². The topological polar surface area (TPSA) is 53.1 Å². The highest BCUT2D eigenvalue weighted by Gasteiger charge is 2.25. The van der Waals surface area contributed by atoms with Gasteiger partial charge in [-0.2, -0.15) is 0 Å². The molecule has 1 aliphatic rings. The van der Waals surface area contributed by atoms with Crippen LogP contribution in [0.3, 0.4) is 0 Å². The lowest BCUT2D eigenvalue weighted by molar-refractivity contribution is 0.0535. The molecule has 160 valence electrons. The van der Waals surface area contributed by atoms with Crippen LogP contribution in [0.4, 0.5) is 0 Å². The van der Waals surface area contributed by atoms with E-state index in [9.17, 15) is 9.59 Å². The van der Waals surface area contributed by atoms with Gasteiger partial charge in [0.2, 0.25) is 0 Å². The normalized spacial score (nSPS) is 14.1. The van der Waals surface area contributed by atoms with Gasteiger partial charge < -0.3 is 14.5 Å². The van der Waals surface area contributed by atoms with Crippen molar-refractivity contribution in [2.45, 2.75) is 20.4 Å². The molecule has 6 nitrogen and oxygen atoms in total. The van der Waals surface area contributed by atoms with Crippen LogP contribution in [-0.2, 0) is 6.54 Å². The second kappa shape index (κ2) is 10.3. The average Bonchev–Trinajstić information content (AvgIpc) is 2.82. The van der Waals surface area contributed by atoms with Gasteiger partial charge in [0.25, 0.3) is 11.8 Å². The Bertz CT molecular complexity index is 837. The zero-order chi connectivity index (χ0) is 21.5. The molecule has 0 unspecified atom stereocenters. The maximum atomic E-state index is 12.9. The number of nitrogens with zero attached hydrogens (tertiary/aromatic N) is 3. The molecular formula is C24H31N3O3. The molecule has 0 N–H and O–H groups in total. The first-order valence-electron chi connectivity index (χ1n) is 10.6. The molecule has 2 amide bonds. The van der Waals surface area contributed by atoms with Crippen molar-refractivity contribution in [3.8, 4) is 5.75 Å². The van der Waals surface area contributed by atoms with E-state index in [1.807, 2.05) is 29.2 Å². The van der Waals surface area contributed by atoms with Crippen LogP contribution in [0.2, 0.25) is 0 Å². The highest BCUT2D eigenvalue weighted by Crippen LogP contribution is 2.16. The summed E-state index contributed by atoms with van der Waals surface area (Å²) in [5.74, 6) is 0.747. The molecule has 0 bridgehead atoms. The fourth-order valence-corrected chi connectivity index (χ4v) is 3.67. The third-order valence-electron chi connectivity index (χ3n) is 5.69. The molecule has 0 spiro atoms. The Morgan fingerprint density at radius 1 is 0.800 bits per heavy atom. The van der Waals surface area contributed by atoms with Crippen LogP contribution in [0.15, 0.2) is 48.5 Å². The molecule has 1 saturated heterocycles. The van der Waals surface area contributed by atoms with Gasteiger partial charge in [-0.15, -0.1) is 0 Å². The van der Waals surface area contributed by atoms with Crippen molar-refractivity contribution >= 4 is 11.8 Å². The van der Waals surface area contributed by atoms with Crippen molar-refractivity contribution in [1.82, 2.24) is 14.7 Å². The van der Waals surface area contributed by atoms with Gasteiger partial charge in [-0.25, -0.2) is 0 Å². The van der Waals surface area contributed by atoms with E-state index >= 15 is 0 Å². The smallest absolute Gasteiger partial charge is 0.253 e. The monoisotopic (exact) mass is 409 g/mol. The Balaban J connectivity index is 1.55. The summed E-state index contributed by atoms with van der Waals surface area (Å²) in [6.45, 7) is 9.39. The van der Waals surface area contributed by atoms with Crippen LogP contribution in [0.5, 0.6) is 5.75 Å². The summed E-state index contributed by atoms with van der Waals surface area (Å²) in [6, 6.07) is 15.0. The van der Waals surface area contributed by atoms with E-state index in [1.54, 1.807) is 36.3 Å². The first-order valence-corrected chi connectivity index (χ1v) is 10.6. The number of benzene rings is 2. The van der Waals surface area contributed by atoms with E-state index in [0.29, 0.717) is 37.3 Å². The number of ether oxygens (including phenoxy) is 1. The van der Waals surface area contributed by atoms with E-state index in [1.165, 1.54) is 5.56 Å². The van der Waals surface area contributed by atoms with Crippen LogP contribution in [0.1, 0.15) is 40.1 Å². The SMILES string of the molecule is CCN(CC)Cc1ccc(C(=O)N2CCN(C(=O)c3ccc(OC)cc3)CC2)cc1. The van der Waals surface area contributed by atoms with Crippen LogP contribution in [0, 0.1) is 0 Å². The lowest BCUT2D eigenvalue weighted by Gasteiger charge is -2.35. The number of piperazine rings is 1. The standard InChI is InChI=1S/C24H31N3O3/c1-4-25(5-2)18-19-6-8-20(9-7-19)23(28)26-14-16-27(17-15-26)24(29)21-10-12-22(30-3)13-11-21/h6-13H,4-5,14-18H2,1-3H3. The Morgan fingerprint density at radius 2 is 1.23 bits per heavy atom. The van der Waals surface area contributed by atoms with Crippen molar-refractivity contribution < 1.29 is 14.3 Å². The van der Waals surface area contributed by atoms with Crippen LogP contribution in [-0.4, -0.2) is 72.9 Å². The largest absolute Gasteiger partial charge is 0.497 e. The van der Waals surface area contributed by atoms with Gasteiger partial charge in [-0.3, -0.25) is 14.5 Å². The van der Waals surface area contributed by atoms with Gasteiger partial charge in [-0.1, -0.05) is 26.0 Å². The predicted molar refractivity (Wildman–Crippen MR) is 118 cm³/mol. The van der Waals surface area contributed by atoms with Crippen LogP contribution >= 0.6 is 0 Å². The number of carbonyl (C=O) groups is 2. The van der Waals surface area contributed by atoms with Gasteiger partial charge in [0.1, 0.15) is 5.75 Å². The quantitative estimate of drug-likeness (QED) is 0.705. The predicted octanol–water partition coefficient (Wildman–Crippen LogP) is 3.14. The Morgan fingerprint density at radius 3 is 1.63 bits per heavy atom. The fourth-order valence-electron chi connectivity index (χ4n) is 3.67. The third-order valence-corrected chi connectivity index (χ3v) is 5.69. The molecule has 0 atom stereocenters. The first-order chi connectivity index (χ1) is 14.5. The molecule has 30 heavy (non-hydrogen) atoms. The van der Waals surface area contributed by atoms with E-state index in [2.05, 4.69) is 18.7 Å². The van der Waals surface area contributed by atoms with Crippen molar-refractivity contribution in [2.24, 2.45) is 0 Å². The minimum absolute atomic E-state index is 0.00879. The Hall–Kier alpha value is -2.86. The molecule has 6 heteroatoms. The molecule has 2 aromatic rings. The molecule has 3 rings (SSSR count). The van der Waals surface area contributed by atoms with Gasteiger partial charge in [0.05, 0.1) is 7.11 Å². The lowest BCUT2D eigenvalue weighted by Crippen LogP contribution is -2.50. The summed E-state index contributed by atoms with van der Waals surface area (Å²) in [4.78, 5) is 31.5. The van der Waals surface area contributed by atoms with E-state index in [-0.39, 0.29) is 11.8 Å². The summed E-state index contributed by atoms with van der Waals surface area (Å²) in [6.07, 6.45) is 0. The first kappa shape index (κ1) is 21.8. The summed E-state index contributed by atoms with van der Waals surface area (Å²) < 4.78 is 5.14. The second-order valence-electron chi connectivity index (χ2n) is 7.47. The molecule has 2 aromatic carbocycles. The summed E-state index contributed by atoms with van der Waals surface area (Å²) in [5, 5.41) is 0. The number of rotatable bonds is 7. The van der Waals surface area contributed by atoms with Crippen LogP contribution in [0.25, 0.3) is 0 Å². The van der Waals surface area contributed by atoms with Crippen molar-refractivity contribution in [3.63, 3.8) is 0 Å². The van der Waals surface area contributed by atoms with Gasteiger partial charge >= 0.3 is 0 Å². The molecule has 0 saturated carbocycles. The van der Waals surface area contributed by atoms with E-state index in [4.69, 9.17) is 4.74 Å². The zero-order valence-corrected chi connectivity index (χ0v) is 18.1. The number of amides is 2. The minimum atomic E-state index is -0.00879. The van der Waals surface area contributed by atoms with Gasteiger partial charge in [0.15, 0.2) is 0 Å². The number of methoxy groups -OCH3 is 1. The lowest BCUT2D eigenvalue weighted by atomic mass is 10.1. The molecule has 1 aliphatic heterocycles. The average molecular weight is 410 g/mol. The molecule has 1 fully saturated rings. The molecule has 0 aromatic heterocycles. The number of hydrogen-bond donors (Lipinski definition) is 0. The van der Waals surface area contributed by atoms with Crippen LogP contribution < -0.4 is 4.74 Å². The zero-order valence-electron chi connectivity index (χ0n) is 18.1. The van der Waals surface area contributed by atoms with Gasteiger partial charge in [-0.05, 0) is 55.1 Å². The minimum Gasteiger partial charge on any atom is -0.497 e. The summed E-state index contributed by atoms with van der Waals surface area (Å²) >= 11 is 0. The number of carbonyl (C=O) groups excluding carboxylic acids is 2. The van der Waals surface area contributed by atoms with Crippen molar-refractivity contribution in [2.75, 3.05) is 46.4 Å². The summed E-state index contributed by atoms with van der Waals surface area (Å²) in [7, 11) is 1.60. The molecule has 1 heterocycles. The highest BCUT2D eigenvalue weighted by molar-refractivity contribution is 5.96. The Kier molecular flexibility index (Phi) is 7.46. The number of hydrogen-bond acceptors (Lipinski definition) is 4. The molecular weight excluding hydrogens is 378 g/mol. The molecule has 0 radical (unpaired) electrons. The van der Waals surface area contributed by atoms with E-state index in [0.717, 1.165) is 25.4 Å². The van der Waals surface area contributed by atoms with Crippen molar-refractivity contribution in [3.05, 3.63) is 65.2 Å². The van der Waals surface area contributed by atoms with Gasteiger partial charge in [0, 0.05) is 43.9 Å². The molecule has 0 aliphatic carbocycles. The summed E-state index contributed by atoms with van der Waals surface area (Å²) in [5.41, 5.74) is 2.55. The maximum absolute atomic E-state index is 12.9. The maximum Gasteiger partial charge on any atom is 0.253 e. The second-order valence-corrected chi connectivity index (χ2v) is 7.47. The van der Waals surface area contributed by atoms with Crippen molar-refractivity contribution in [1.29, 1.82) is 0 Å². The Labute approximate surface area is 179 Å². The third kappa shape index (κ3) is 5.19.